The van der Waals surface area contributed by atoms with E-state index in [2.05, 4.69) is 10.3 Å². The van der Waals surface area contributed by atoms with E-state index in [0.29, 0.717) is 17.7 Å². The van der Waals surface area contributed by atoms with Gasteiger partial charge in [0.1, 0.15) is 0 Å². The van der Waals surface area contributed by atoms with Gasteiger partial charge in [-0.05, 0) is 35.4 Å². The maximum atomic E-state index is 12.0. The SMILES string of the molecule is O=C(O)C=Cc1cccc(C(=O)NCc2cccnc2)c1. The first kappa shape index (κ1) is 14.5. The van der Waals surface area contributed by atoms with Crippen molar-refractivity contribution in [3.8, 4) is 0 Å². The Morgan fingerprint density at radius 1 is 1.24 bits per heavy atom. The van der Waals surface area contributed by atoms with E-state index >= 15 is 0 Å². The van der Waals surface area contributed by atoms with Crippen molar-refractivity contribution < 1.29 is 14.7 Å². The number of carboxylic acids is 1. The molecule has 0 radical (unpaired) electrons. The summed E-state index contributed by atoms with van der Waals surface area (Å²) in [7, 11) is 0. The van der Waals surface area contributed by atoms with Crippen LogP contribution < -0.4 is 5.32 Å². The molecule has 5 nitrogen and oxygen atoms in total. The molecule has 0 fully saturated rings. The topological polar surface area (TPSA) is 79.3 Å². The Bertz CT molecular complexity index is 666. The van der Waals surface area contributed by atoms with Crippen molar-refractivity contribution in [1.82, 2.24) is 10.3 Å². The molecule has 0 atom stereocenters. The van der Waals surface area contributed by atoms with E-state index in [1.165, 1.54) is 6.08 Å². The first-order valence-corrected chi connectivity index (χ1v) is 6.33. The van der Waals surface area contributed by atoms with Gasteiger partial charge in [0.15, 0.2) is 0 Å². The van der Waals surface area contributed by atoms with E-state index in [1.54, 1.807) is 42.7 Å². The van der Waals surface area contributed by atoms with Gasteiger partial charge in [-0.15, -0.1) is 0 Å². The minimum atomic E-state index is -1.03. The highest BCUT2D eigenvalue weighted by Crippen LogP contribution is 2.07. The zero-order valence-corrected chi connectivity index (χ0v) is 11.2. The molecule has 1 aromatic heterocycles. The molecule has 2 rings (SSSR count). The Labute approximate surface area is 122 Å². The van der Waals surface area contributed by atoms with Gasteiger partial charge in [0.05, 0.1) is 0 Å². The van der Waals surface area contributed by atoms with Gasteiger partial charge in [-0.25, -0.2) is 4.79 Å². The summed E-state index contributed by atoms with van der Waals surface area (Å²) in [5, 5.41) is 11.4. The summed E-state index contributed by atoms with van der Waals surface area (Å²) in [6, 6.07) is 10.4. The van der Waals surface area contributed by atoms with Gasteiger partial charge in [-0.3, -0.25) is 9.78 Å². The molecule has 21 heavy (non-hydrogen) atoms. The van der Waals surface area contributed by atoms with Gasteiger partial charge in [-0.2, -0.15) is 0 Å². The Hall–Kier alpha value is -2.95. The van der Waals surface area contributed by atoms with E-state index < -0.39 is 5.97 Å². The quantitative estimate of drug-likeness (QED) is 0.823. The van der Waals surface area contributed by atoms with Crippen molar-refractivity contribution in [1.29, 1.82) is 0 Å². The van der Waals surface area contributed by atoms with Crippen LogP contribution in [0.3, 0.4) is 0 Å². The summed E-state index contributed by atoms with van der Waals surface area (Å²) >= 11 is 0. The second kappa shape index (κ2) is 7.00. The van der Waals surface area contributed by atoms with Gasteiger partial charge >= 0.3 is 5.97 Å². The van der Waals surface area contributed by atoms with Gasteiger partial charge < -0.3 is 10.4 Å². The fourth-order valence-corrected chi connectivity index (χ4v) is 1.74. The van der Waals surface area contributed by atoms with E-state index in [1.807, 2.05) is 6.07 Å². The molecule has 1 aromatic carbocycles. The highest BCUT2D eigenvalue weighted by molar-refractivity contribution is 5.95. The minimum Gasteiger partial charge on any atom is -0.478 e. The maximum Gasteiger partial charge on any atom is 0.328 e. The summed E-state index contributed by atoms with van der Waals surface area (Å²) in [5.74, 6) is -1.24. The molecule has 0 aliphatic heterocycles. The van der Waals surface area contributed by atoms with E-state index in [9.17, 15) is 9.59 Å². The fraction of sp³-hybridized carbons (Fsp3) is 0.0625. The normalized spacial score (nSPS) is 10.5. The number of amides is 1. The van der Waals surface area contributed by atoms with Crippen LogP contribution >= 0.6 is 0 Å². The van der Waals surface area contributed by atoms with Crippen LogP contribution in [0.1, 0.15) is 21.5 Å². The third-order valence-corrected chi connectivity index (χ3v) is 2.74. The van der Waals surface area contributed by atoms with Crippen molar-refractivity contribution in [3.05, 3.63) is 71.6 Å². The molecule has 0 aliphatic carbocycles. The number of nitrogens with one attached hydrogen (secondary N) is 1. The van der Waals surface area contributed by atoms with Crippen LogP contribution in [-0.4, -0.2) is 22.0 Å². The Morgan fingerprint density at radius 3 is 2.81 bits per heavy atom. The largest absolute Gasteiger partial charge is 0.478 e. The number of aliphatic carboxylic acids is 1. The fourth-order valence-electron chi connectivity index (χ4n) is 1.74. The van der Waals surface area contributed by atoms with Crippen LogP contribution in [0.4, 0.5) is 0 Å². The van der Waals surface area contributed by atoms with Gasteiger partial charge in [0.2, 0.25) is 0 Å². The molecule has 0 spiro atoms. The molecule has 0 unspecified atom stereocenters. The van der Waals surface area contributed by atoms with Crippen molar-refractivity contribution in [2.24, 2.45) is 0 Å². The first-order valence-electron chi connectivity index (χ1n) is 6.33. The van der Waals surface area contributed by atoms with Crippen LogP contribution in [0.2, 0.25) is 0 Å². The van der Waals surface area contributed by atoms with Crippen molar-refractivity contribution in [3.63, 3.8) is 0 Å². The lowest BCUT2D eigenvalue weighted by molar-refractivity contribution is -0.131. The number of hydrogen-bond acceptors (Lipinski definition) is 3. The molecule has 5 heteroatoms. The van der Waals surface area contributed by atoms with E-state index in [-0.39, 0.29) is 5.91 Å². The summed E-state index contributed by atoms with van der Waals surface area (Å²) < 4.78 is 0. The maximum absolute atomic E-state index is 12.0. The summed E-state index contributed by atoms with van der Waals surface area (Å²) in [5.41, 5.74) is 2.05. The monoisotopic (exact) mass is 282 g/mol. The van der Waals surface area contributed by atoms with Crippen molar-refractivity contribution >= 4 is 18.0 Å². The van der Waals surface area contributed by atoms with Gasteiger partial charge in [0.25, 0.3) is 5.91 Å². The molecule has 1 heterocycles. The van der Waals surface area contributed by atoms with Crippen LogP contribution in [-0.2, 0) is 11.3 Å². The number of nitrogens with zero attached hydrogens (tertiary/aromatic N) is 1. The zero-order valence-electron chi connectivity index (χ0n) is 11.2. The second-order valence-electron chi connectivity index (χ2n) is 4.34. The van der Waals surface area contributed by atoms with E-state index in [4.69, 9.17) is 5.11 Å². The zero-order chi connectivity index (χ0) is 15.1. The minimum absolute atomic E-state index is 0.218. The predicted octanol–water partition coefficient (Wildman–Crippen LogP) is 2.11. The number of carbonyl (C=O) groups excluding carboxylic acids is 1. The molecular weight excluding hydrogens is 268 g/mol. The van der Waals surface area contributed by atoms with Gasteiger partial charge in [0, 0.05) is 30.6 Å². The lowest BCUT2D eigenvalue weighted by Gasteiger charge is -2.05. The highest BCUT2D eigenvalue weighted by atomic mass is 16.4. The summed E-state index contributed by atoms with van der Waals surface area (Å²) in [6.45, 7) is 0.391. The van der Waals surface area contributed by atoms with E-state index in [0.717, 1.165) is 11.6 Å². The van der Waals surface area contributed by atoms with Crippen molar-refractivity contribution in [2.75, 3.05) is 0 Å². The molecule has 106 valence electrons. The smallest absolute Gasteiger partial charge is 0.328 e. The van der Waals surface area contributed by atoms with Crippen LogP contribution in [0, 0.1) is 0 Å². The van der Waals surface area contributed by atoms with Crippen LogP contribution in [0.15, 0.2) is 54.9 Å². The Morgan fingerprint density at radius 2 is 2.10 bits per heavy atom. The van der Waals surface area contributed by atoms with Gasteiger partial charge in [-0.1, -0.05) is 18.2 Å². The van der Waals surface area contributed by atoms with Crippen LogP contribution in [0.5, 0.6) is 0 Å². The molecule has 0 aliphatic rings. The third kappa shape index (κ3) is 4.58. The number of pyridine rings is 1. The molecule has 0 saturated carbocycles. The Kier molecular flexibility index (Phi) is 4.82. The number of carboxylic acid groups (broad SMARTS) is 1. The lowest BCUT2D eigenvalue weighted by atomic mass is 10.1. The van der Waals surface area contributed by atoms with Crippen molar-refractivity contribution in [2.45, 2.75) is 6.54 Å². The molecule has 2 aromatic rings. The number of benzene rings is 1. The second-order valence-corrected chi connectivity index (χ2v) is 4.34. The number of carbonyl (C=O) groups is 2. The average Bonchev–Trinajstić information content (AvgIpc) is 2.52. The molecule has 2 N–H and O–H groups in total. The predicted molar refractivity (Wildman–Crippen MR) is 78.5 cm³/mol. The Balaban J connectivity index is 2.02. The number of aromatic nitrogens is 1. The molecule has 1 amide bonds. The summed E-state index contributed by atoms with van der Waals surface area (Å²) in [6.07, 6.45) is 5.84. The molecular formula is C16H14N2O3. The number of hydrogen-bond donors (Lipinski definition) is 2. The molecule has 0 bridgehead atoms. The third-order valence-electron chi connectivity index (χ3n) is 2.74. The highest BCUT2D eigenvalue weighted by Gasteiger charge is 2.05. The standard InChI is InChI=1S/C16H14N2O3/c19-15(20)7-6-12-3-1-5-14(9-12)16(21)18-11-13-4-2-8-17-10-13/h1-10H,11H2,(H,18,21)(H,19,20). The number of rotatable bonds is 5. The first-order chi connectivity index (χ1) is 10.1. The van der Waals surface area contributed by atoms with Crippen LogP contribution in [0.25, 0.3) is 6.08 Å². The average molecular weight is 282 g/mol. The molecule has 0 saturated heterocycles. The summed E-state index contributed by atoms with van der Waals surface area (Å²) in [4.78, 5) is 26.5. The lowest BCUT2D eigenvalue weighted by Crippen LogP contribution is -2.22.